The van der Waals surface area contributed by atoms with Crippen LogP contribution in [0.25, 0.3) is 0 Å². The summed E-state index contributed by atoms with van der Waals surface area (Å²) in [6.07, 6.45) is 0. The Bertz CT molecular complexity index is 626. The maximum absolute atomic E-state index is 12.2. The molecule has 1 atom stereocenters. The summed E-state index contributed by atoms with van der Waals surface area (Å²) >= 11 is 19.3. The van der Waals surface area contributed by atoms with Gasteiger partial charge in [-0.05, 0) is 31.2 Å². The molecule has 0 aliphatic rings. The highest BCUT2D eigenvalue weighted by Crippen LogP contribution is 2.39. The zero-order valence-electron chi connectivity index (χ0n) is 11.7. The number of aryl methyl sites for hydroxylation is 1. The lowest BCUT2D eigenvalue weighted by atomic mass is 10.2. The molecule has 6 heteroatoms. The van der Waals surface area contributed by atoms with E-state index < -0.39 is 9.17 Å². The first-order valence-electron chi connectivity index (χ1n) is 6.52. The van der Waals surface area contributed by atoms with Gasteiger partial charge in [-0.1, -0.05) is 82.5 Å². The highest BCUT2D eigenvalue weighted by Gasteiger charge is 2.35. The highest BCUT2D eigenvalue weighted by atomic mass is 35.6. The average molecular weight is 375 g/mol. The van der Waals surface area contributed by atoms with Gasteiger partial charge in [0.05, 0.1) is 0 Å². The number of hydrogen-bond donors (Lipinski definition) is 1. The van der Waals surface area contributed by atoms with Gasteiger partial charge in [-0.25, -0.2) is 0 Å². The molecule has 2 nitrogen and oxygen atoms in total. The van der Waals surface area contributed by atoms with Crippen LogP contribution in [0.15, 0.2) is 59.5 Å². The Morgan fingerprint density at radius 1 is 1.05 bits per heavy atom. The predicted molar refractivity (Wildman–Crippen MR) is 95.0 cm³/mol. The first kappa shape index (κ1) is 17.5. The summed E-state index contributed by atoms with van der Waals surface area (Å²) in [7, 11) is 0. The van der Waals surface area contributed by atoms with E-state index in [9.17, 15) is 4.79 Å². The summed E-state index contributed by atoms with van der Waals surface area (Å²) in [5, 5.41) is 2.06. The summed E-state index contributed by atoms with van der Waals surface area (Å²) in [6.45, 7) is 2.00. The van der Waals surface area contributed by atoms with E-state index in [0.717, 1.165) is 10.5 Å². The van der Waals surface area contributed by atoms with Crippen molar-refractivity contribution in [3.8, 4) is 0 Å². The molecule has 0 aromatic heterocycles. The number of alkyl halides is 3. The van der Waals surface area contributed by atoms with Gasteiger partial charge in [0.15, 0.2) is 0 Å². The van der Waals surface area contributed by atoms with Crippen molar-refractivity contribution in [1.82, 2.24) is 5.32 Å². The average Bonchev–Trinajstić information content (AvgIpc) is 2.48. The summed E-state index contributed by atoms with van der Waals surface area (Å²) in [4.78, 5) is 13.2. The van der Waals surface area contributed by atoms with Gasteiger partial charge >= 0.3 is 0 Å². The molecule has 2 rings (SSSR count). The molecule has 1 unspecified atom stereocenters. The Hall–Kier alpha value is -0.870. The third-order valence-corrected chi connectivity index (χ3v) is 5.16. The van der Waals surface area contributed by atoms with Gasteiger partial charge in [-0.2, -0.15) is 0 Å². The van der Waals surface area contributed by atoms with Crippen LogP contribution < -0.4 is 5.32 Å². The Morgan fingerprint density at radius 2 is 1.64 bits per heavy atom. The quantitative estimate of drug-likeness (QED) is 0.452. The van der Waals surface area contributed by atoms with E-state index in [4.69, 9.17) is 34.8 Å². The van der Waals surface area contributed by atoms with Crippen LogP contribution in [0, 0.1) is 6.92 Å². The van der Waals surface area contributed by atoms with Crippen molar-refractivity contribution >= 4 is 52.5 Å². The van der Waals surface area contributed by atoms with Gasteiger partial charge in [-0.3, -0.25) is 4.79 Å². The summed E-state index contributed by atoms with van der Waals surface area (Å²) < 4.78 is -1.63. The third-order valence-electron chi connectivity index (χ3n) is 2.87. The molecule has 0 aliphatic carbocycles. The number of amides is 1. The number of halogens is 3. The fourth-order valence-electron chi connectivity index (χ4n) is 1.72. The van der Waals surface area contributed by atoms with E-state index in [1.54, 1.807) is 24.3 Å². The summed E-state index contributed by atoms with van der Waals surface area (Å²) in [5.41, 5.74) is 1.66. The summed E-state index contributed by atoms with van der Waals surface area (Å²) in [6, 6.07) is 16.6. The van der Waals surface area contributed by atoms with Crippen LogP contribution in [0.5, 0.6) is 0 Å². The normalized spacial score (nSPS) is 12.7. The minimum Gasteiger partial charge on any atom is -0.336 e. The fourth-order valence-corrected chi connectivity index (χ4v) is 3.15. The number of rotatable bonds is 4. The number of thioether (sulfide) groups is 1. The molecule has 0 saturated heterocycles. The van der Waals surface area contributed by atoms with Gasteiger partial charge in [-0.15, -0.1) is 0 Å². The van der Waals surface area contributed by atoms with Crippen molar-refractivity contribution in [1.29, 1.82) is 0 Å². The van der Waals surface area contributed by atoms with E-state index >= 15 is 0 Å². The van der Waals surface area contributed by atoms with Crippen LogP contribution in [0.4, 0.5) is 0 Å². The van der Waals surface area contributed by atoms with Gasteiger partial charge in [0.2, 0.25) is 3.79 Å². The van der Waals surface area contributed by atoms with E-state index in [1.807, 2.05) is 37.3 Å². The molecule has 2 aromatic carbocycles. The number of carbonyl (C=O) groups is 1. The van der Waals surface area contributed by atoms with Gasteiger partial charge in [0, 0.05) is 10.5 Å². The van der Waals surface area contributed by atoms with Crippen molar-refractivity contribution in [2.45, 2.75) is 21.0 Å². The predicted octanol–water partition coefficient (Wildman–Crippen LogP) is 5.21. The lowest BCUT2D eigenvalue weighted by molar-refractivity contribution is 0.0950. The molecule has 2 aromatic rings. The molecule has 22 heavy (non-hydrogen) atoms. The topological polar surface area (TPSA) is 29.1 Å². The Labute approximate surface area is 149 Å². The van der Waals surface area contributed by atoms with Crippen LogP contribution >= 0.6 is 46.6 Å². The van der Waals surface area contributed by atoms with Crippen molar-refractivity contribution in [2.24, 2.45) is 0 Å². The zero-order chi connectivity index (χ0) is 16.2. The van der Waals surface area contributed by atoms with Crippen molar-refractivity contribution < 1.29 is 4.79 Å². The Kier molecular flexibility index (Phi) is 6.04. The second-order valence-electron chi connectivity index (χ2n) is 4.69. The standard InChI is InChI=1S/C16H14Cl3NOS/c1-11-7-9-13(10-8-11)22-15(16(17,18)19)20-14(21)12-5-3-2-4-6-12/h2-10,15H,1H3,(H,20,21). The smallest absolute Gasteiger partial charge is 0.252 e. The van der Waals surface area contributed by atoms with Crippen molar-refractivity contribution in [3.63, 3.8) is 0 Å². The molecule has 0 spiro atoms. The zero-order valence-corrected chi connectivity index (χ0v) is 14.8. The van der Waals surface area contributed by atoms with Crippen molar-refractivity contribution in [2.75, 3.05) is 0 Å². The van der Waals surface area contributed by atoms with Gasteiger partial charge in [0.25, 0.3) is 5.91 Å². The van der Waals surface area contributed by atoms with E-state index in [-0.39, 0.29) is 5.91 Å². The number of hydrogen-bond acceptors (Lipinski definition) is 2. The molecule has 0 fully saturated rings. The number of nitrogens with one attached hydrogen (secondary N) is 1. The van der Waals surface area contributed by atoms with E-state index in [2.05, 4.69) is 5.32 Å². The SMILES string of the molecule is Cc1ccc(SC(NC(=O)c2ccccc2)C(Cl)(Cl)Cl)cc1. The minimum atomic E-state index is -1.63. The highest BCUT2D eigenvalue weighted by molar-refractivity contribution is 8.00. The second kappa shape index (κ2) is 7.60. The molecular weight excluding hydrogens is 361 g/mol. The molecule has 0 heterocycles. The molecule has 0 radical (unpaired) electrons. The number of benzene rings is 2. The van der Waals surface area contributed by atoms with E-state index in [0.29, 0.717) is 5.56 Å². The number of carbonyl (C=O) groups excluding carboxylic acids is 1. The molecule has 1 amide bonds. The van der Waals surface area contributed by atoms with Crippen LogP contribution in [0.1, 0.15) is 15.9 Å². The second-order valence-corrected chi connectivity index (χ2v) is 8.24. The molecule has 116 valence electrons. The lowest BCUT2D eigenvalue weighted by Crippen LogP contribution is -2.41. The molecule has 0 bridgehead atoms. The van der Waals surface area contributed by atoms with Crippen molar-refractivity contribution in [3.05, 3.63) is 65.7 Å². The Morgan fingerprint density at radius 3 is 2.18 bits per heavy atom. The van der Waals surface area contributed by atoms with Crippen LogP contribution in [-0.2, 0) is 0 Å². The fraction of sp³-hybridized carbons (Fsp3) is 0.188. The molecular formula is C16H14Cl3NOS. The minimum absolute atomic E-state index is 0.281. The van der Waals surface area contributed by atoms with Gasteiger partial charge < -0.3 is 5.32 Å². The first-order chi connectivity index (χ1) is 10.4. The molecule has 1 N–H and O–H groups in total. The lowest BCUT2D eigenvalue weighted by Gasteiger charge is -2.25. The van der Waals surface area contributed by atoms with Gasteiger partial charge in [0.1, 0.15) is 5.37 Å². The maximum Gasteiger partial charge on any atom is 0.252 e. The first-order valence-corrected chi connectivity index (χ1v) is 8.53. The summed E-state index contributed by atoms with van der Waals surface area (Å²) in [5.74, 6) is -0.281. The monoisotopic (exact) mass is 373 g/mol. The van der Waals surface area contributed by atoms with E-state index in [1.165, 1.54) is 11.8 Å². The van der Waals surface area contributed by atoms with Crippen LogP contribution in [-0.4, -0.2) is 15.1 Å². The van der Waals surface area contributed by atoms with Crippen LogP contribution in [0.2, 0.25) is 0 Å². The largest absolute Gasteiger partial charge is 0.336 e. The Balaban J connectivity index is 2.13. The third kappa shape index (κ3) is 5.10. The van der Waals surface area contributed by atoms with Crippen LogP contribution in [0.3, 0.4) is 0 Å². The molecule has 0 saturated carbocycles. The maximum atomic E-state index is 12.2. The molecule has 0 aliphatic heterocycles.